The van der Waals surface area contributed by atoms with Crippen molar-refractivity contribution < 1.29 is 5.11 Å². The molecule has 3 unspecified atom stereocenters. The molecule has 3 atom stereocenters. The molecule has 17 heavy (non-hydrogen) atoms. The van der Waals surface area contributed by atoms with E-state index in [9.17, 15) is 5.11 Å². The Bertz CT molecular complexity index is 391. The molecule has 5 heteroatoms. The zero-order chi connectivity index (χ0) is 12.0. The lowest BCUT2D eigenvalue weighted by atomic mass is 9.85. The molecule has 0 amide bonds. The predicted octanol–water partition coefficient (Wildman–Crippen LogP) is 0.721. The van der Waals surface area contributed by atoms with E-state index in [1.165, 1.54) is 12.8 Å². The molecule has 2 aliphatic rings. The summed E-state index contributed by atoms with van der Waals surface area (Å²) >= 11 is 0. The summed E-state index contributed by atoms with van der Waals surface area (Å²) in [4.78, 5) is 2.49. The van der Waals surface area contributed by atoms with E-state index in [1.54, 1.807) is 10.9 Å². The number of fused-ring (bicyclic) bond motifs is 2. The molecule has 2 saturated heterocycles. The second kappa shape index (κ2) is 4.07. The molecule has 0 spiro atoms. The number of rotatable bonds is 2. The Hall–Kier alpha value is -0.940. The first kappa shape index (κ1) is 11.2. The zero-order valence-corrected chi connectivity index (χ0v) is 10.5. The van der Waals surface area contributed by atoms with Gasteiger partial charge in [0.15, 0.2) is 0 Å². The Labute approximate surface area is 101 Å². The Balaban J connectivity index is 1.76. The van der Waals surface area contributed by atoms with Crippen molar-refractivity contribution in [3.63, 3.8) is 0 Å². The molecule has 0 aliphatic carbocycles. The molecule has 1 aromatic rings. The van der Waals surface area contributed by atoms with Gasteiger partial charge in [-0.1, -0.05) is 5.21 Å². The molecule has 1 N–H and O–H groups in total. The molecule has 2 fully saturated rings. The normalized spacial score (nSPS) is 35.1. The van der Waals surface area contributed by atoms with Crippen LogP contribution in [-0.4, -0.2) is 44.1 Å². The van der Waals surface area contributed by atoms with Crippen LogP contribution in [0.2, 0.25) is 0 Å². The van der Waals surface area contributed by atoms with Crippen LogP contribution in [0.4, 0.5) is 0 Å². The van der Waals surface area contributed by atoms with Gasteiger partial charge in [0.05, 0.1) is 11.9 Å². The second-order valence-electron chi connectivity index (χ2n) is 5.51. The maximum atomic E-state index is 10.4. The zero-order valence-electron chi connectivity index (χ0n) is 10.5. The monoisotopic (exact) mass is 236 g/mol. The fraction of sp³-hybridized carbons (Fsp3) is 0.833. The summed E-state index contributed by atoms with van der Waals surface area (Å²) in [5.41, 5.74) is 0.846. The minimum Gasteiger partial charge on any atom is -0.386 e. The second-order valence-corrected chi connectivity index (χ2v) is 5.51. The highest BCUT2D eigenvalue weighted by molar-refractivity contribution is 5.04. The molecule has 5 nitrogen and oxygen atoms in total. The van der Waals surface area contributed by atoms with Crippen LogP contribution in [0.1, 0.15) is 37.5 Å². The van der Waals surface area contributed by atoms with Crippen molar-refractivity contribution in [3.8, 4) is 0 Å². The topological polar surface area (TPSA) is 54.2 Å². The Morgan fingerprint density at radius 1 is 1.29 bits per heavy atom. The first-order valence-corrected chi connectivity index (χ1v) is 6.41. The van der Waals surface area contributed by atoms with E-state index in [0.29, 0.717) is 18.0 Å². The summed E-state index contributed by atoms with van der Waals surface area (Å²) in [5.74, 6) is 0.362. The number of piperidine rings is 1. The summed E-state index contributed by atoms with van der Waals surface area (Å²) < 4.78 is 1.69. The fourth-order valence-corrected chi connectivity index (χ4v) is 3.52. The molecule has 0 radical (unpaired) electrons. The molecule has 3 rings (SSSR count). The van der Waals surface area contributed by atoms with Crippen LogP contribution >= 0.6 is 0 Å². The smallest absolute Gasteiger partial charge is 0.100 e. The highest BCUT2D eigenvalue weighted by Gasteiger charge is 2.41. The number of aliphatic hydroxyl groups excluding tert-OH is 1. The molecule has 1 aromatic heterocycles. The van der Waals surface area contributed by atoms with Crippen LogP contribution in [0, 0.1) is 5.92 Å². The van der Waals surface area contributed by atoms with Gasteiger partial charge >= 0.3 is 0 Å². The van der Waals surface area contributed by atoms with Crippen LogP contribution in [-0.2, 0) is 7.05 Å². The molecule has 2 aliphatic heterocycles. The molecule has 3 heterocycles. The third-order valence-corrected chi connectivity index (χ3v) is 4.63. The van der Waals surface area contributed by atoms with Gasteiger partial charge in [-0.3, -0.25) is 0 Å². The lowest BCUT2D eigenvalue weighted by Gasteiger charge is -2.38. The van der Waals surface area contributed by atoms with Crippen molar-refractivity contribution in [3.05, 3.63) is 11.9 Å². The summed E-state index contributed by atoms with van der Waals surface area (Å²) in [7, 11) is 4.06. The van der Waals surface area contributed by atoms with Crippen LogP contribution in [0.15, 0.2) is 6.20 Å². The van der Waals surface area contributed by atoms with E-state index in [4.69, 9.17) is 0 Å². The minimum atomic E-state index is -0.410. The Kier molecular flexibility index (Phi) is 2.67. The van der Waals surface area contributed by atoms with Crippen LogP contribution < -0.4 is 0 Å². The lowest BCUT2D eigenvalue weighted by Crippen LogP contribution is -2.41. The summed E-state index contributed by atoms with van der Waals surface area (Å²) in [6.45, 7) is 0. The minimum absolute atomic E-state index is 0.362. The molecule has 94 valence electrons. The molecular weight excluding hydrogens is 216 g/mol. The van der Waals surface area contributed by atoms with Gasteiger partial charge in [0.25, 0.3) is 0 Å². The maximum absolute atomic E-state index is 10.4. The van der Waals surface area contributed by atoms with E-state index in [0.717, 1.165) is 18.5 Å². The van der Waals surface area contributed by atoms with Gasteiger partial charge < -0.3 is 10.0 Å². The number of nitrogens with zero attached hydrogens (tertiary/aromatic N) is 4. The van der Waals surface area contributed by atoms with Crippen molar-refractivity contribution in [2.75, 3.05) is 7.05 Å². The number of aryl methyl sites for hydroxylation is 1. The first-order chi connectivity index (χ1) is 8.16. The van der Waals surface area contributed by atoms with Crippen molar-refractivity contribution in [1.29, 1.82) is 0 Å². The van der Waals surface area contributed by atoms with E-state index >= 15 is 0 Å². The molecular formula is C12H20N4O. The maximum Gasteiger partial charge on any atom is 0.100 e. The van der Waals surface area contributed by atoms with Gasteiger partial charge in [-0.2, -0.15) is 0 Å². The van der Waals surface area contributed by atoms with Crippen molar-refractivity contribution in [2.24, 2.45) is 13.0 Å². The molecule has 2 bridgehead atoms. The summed E-state index contributed by atoms with van der Waals surface area (Å²) in [6.07, 6.45) is 6.04. The van der Waals surface area contributed by atoms with Gasteiger partial charge in [0.2, 0.25) is 0 Å². The lowest BCUT2D eigenvalue weighted by molar-refractivity contribution is 0.0312. The standard InChI is InChI=1S/C12H20N4O/c1-15-9-3-4-10(15)6-8(5-9)12(17)11-7-13-14-16(11)2/h7-10,12,17H,3-6H2,1-2H3. The van der Waals surface area contributed by atoms with Crippen LogP contribution in [0.5, 0.6) is 0 Å². The largest absolute Gasteiger partial charge is 0.386 e. The number of hydrogen-bond donors (Lipinski definition) is 1. The highest BCUT2D eigenvalue weighted by Crippen LogP contribution is 2.42. The Morgan fingerprint density at radius 2 is 1.94 bits per heavy atom. The van der Waals surface area contributed by atoms with E-state index < -0.39 is 6.10 Å². The van der Waals surface area contributed by atoms with Gasteiger partial charge in [-0.05, 0) is 38.6 Å². The van der Waals surface area contributed by atoms with Crippen molar-refractivity contribution in [1.82, 2.24) is 19.9 Å². The van der Waals surface area contributed by atoms with Crippen LogP contribution in [0.25, 0.3) is 0 Å². The van der Waals surface area contributed by atoms with E-state index in [2.05, 4.69) is 22.3 Å². The predicted molar refractivity (Wildman–Crippen MR) is 63.3 cm³/mol. The molecule has 0 saturated carbocycles. The average molecular weight is 236 g/mol. The van der Waals surface area contributed by atoms with E-state index in [1.807, 2.05) is 7.05 Å². The Morgan fingerprint density at radius 3 is 2.47 bits per heavy atom. The summed E-state index contributed by atoms with van der Waals surface area (Å²) in [6, 6.07) is 1.32. The fourth-order valence-electron chi connectivity index (χ4n) is 3.52. The number of hydrogen-bond acceptors (Lipinski definition) is 4. The van der Waals surface area contributed by atoms with Gasteiger partial charge in [-0.15, -0.1) is 5.10 Å². The van der Waals surface area contributed by atoms with Gasteiger partial charge in [0, 0.05) is 19.1 Å². The average Bonchev–Trinajstić information content (AvgIpc) is 2.79. The van der Waals surface area contributed by atoms with E-state index in [-0.39, 0.29) is 0 Å². The number of aromatic nitrogens is 3. The summed E-state index contributed by atoms with van der Waals surface area (Å²) in [5, 5.41) is 18.2. The van der Waals surface area contributed by atoms with Crippen molar-refractivity contribution in [2.45, 2.75) is 43.9 Å². The van der Waals surface area contributed by atoms with Crippen molar-refractivity contribution >= 4 is 0 Å². The third-order valence-electron chi connectivity index (χ3n) is 4.63. The number of aliphatic hydroxyl groups is 1. The SMILES string of the molecule is CN1C2CCC1CC(C(O)c1cnnn1C)C2. The van der Waals surface area contributed by atoms with Gasteiger partial charge in [0.1, 0.15) is 6.10 Å². The van der Waals surface area contributed by atoms with Gasteiger partial charge in [-0.25, -0.2) is 4.68 Å². The quantitative estimate of drug-likeness (QED) is 0.822. The van der Waals surface area contributed by atoms with Crippen LogP contribution in [0.3, 0.4) is 0 Å². The highest BCUT2D eigenvalue weighted by atomic mass is 16.3. The first-order valence-electron chi connectivity index (χ1n) is 6.41. The third kappa shape index (κ3) is 1.77. The molecule has 0 aromatic carbocycles.